The largest absolute Gasteiger partial charge is 0.750 e. The van der Waals surface area contributed by atoms with Crippen LogP contribution in [-0.2, 0) is 21.3 Å². The molecule has 5 heteroatoms. The van der Waals surface area contributed by atoms with Crippen LogP contribution < -0.4 is 5.73 Å². The van der Waals surface area contributed by atoms with Gasteiger partial charge in [-0.1, -0.05) is 60.7 Å². The molecule has 0 heterocycles. The second kappa shape index (κ2) is 5.41. The Balaban J connectivity index is 2.51. The van der Waals surface area contributed by atoms with Crippen LogP contribution in [-0.4, -0.2) is 8.76 Å². The predicted octanol–water partition coefficient (Wildman–Crippen LogP) is 1.66. The van der Waals surface area contributed by atoms with E-state index in [4.69, 9.17) is 9.92 Å². The van der Waals surface area contributed by atoms with E-state index < -0.39 is 17.1 Å². The van der Waals surface area contributed by atoms with Gasteiger partial charge in [0.25, 0.3) is 0 Å². The highest BCUT2D eigenvalue weighted by Gasteiger charge is 2.31. The van der Waals surface area contributed by atoms with Crippen molar-refractivity contribution in [2.45, 2.75) is 5.72 Å². The normalized spacial score (nSPS) is 13.2. The first-order valence-corrected chi connectivity index (χ1v) is 6.31. The Morgan fingerprint density at radius 2 is 1.33 bits per heavy atom. The second-order valence-corrected chi connectivity index (χ2v) is 4.33. The van der Waals surface area contributed by atoms with Gasteiger partial charge in [-0.05, 0) is 0 Å². The van der Waals surface area contributed by atoms with Gasteiger partial charge in [0.1, 0.15) is 0 Å². The maximum absolute atomic E-state index is 10.9. The topological polar surface area (TPSA) is 75.4 Å². The number of nitrogens with two attached hydrogens (primary N) is 1. The first kappa shape index (κ1) is 12.9. The number of rotatable bonds is 4. The van der Waals surface area contributed by atoms with Crippen LogP contribution in [0.15, 0.2) is 60.7 Å². The highest BCUT2D eigenvalue weighted by atomic mass is 32.2. The Hall–Kier alpha value is -1.53. The van der Waals surface area contributed by atoms with E-state index in [0.29, 0.717) is 11.1 Å². The molecule has 0 aliphatic rings. The summed E-state index contributed by atoms with van der Waals surface area (Å²) in [4.78, 5) is 0. The molecule has 2 aromatic rings. The molecule has 4 nitrogen and oxygen atoms in total. The van der Waals surface area contributed by atoms with E-state index >= 15 is 0 Å². The van der Waals surface area contributed by atoms with E-state index in [1.807, 2.05) is 12.1 Å². The molecule has 1 atom stereocenters. The maximum Gasteiger partial charge on any atom is 0.183 e. The molecule has 0 radical (unpaired) electrons. The molecule has 2 N–H and O–H groups in total. The van der Waals surface area contributed by atoms with Crippen molar-refractivity contribution in [2.24, 2.45) is 5.73 Å². The lowest BCUT2D eigenvalue weighted by Crippen LogP contribution is -2.41. The molecule has 0 bridgehead atoms. The molecule has 0 amide bonds. The minimum atomic E-state index is -2.71. The van der Waals surface area contributed by atoms with Gasteiger partial charge in [-0.25, -0.2) is 4.21 Å². The quantitative estimate of drug-likeness (QED) is 0.671. The van der Waals surface area contributed by atoms with Crippen LogP contribution in [0, 0.1) is 0 Å². The molecule has 2 aromatic carbocycles. The fourth-order valence-corrected chi connectivity index (χ4v) is 2.15. The van der Waals surface area contributed by atoms with Crippen molar-refractivity contribution >= 4 is 11.4 Å². The van der Waals surface area contributed by atoms with E-state index in [0.717, 1.165) is 0 Å². The highest BCUT2D eigenvalue weighted by molar-refractivity contribution is 7.74. The summed E-state index contributed by atoms with van der Waals surface area (Å²) in [6, 6.07) is 17.6. The summed E-state index contributed by atoms with van der Waals surface area (Å²) in [7, 11) is 0. The van der Waals surface area contributed by atoms with Crippen molar-refractivity contribution in [2.75, 3.05) is 0 Å². The van der Waals surface area contributed by atoms with E-state index in [9.17, 15) is 8.76 Å². The average molecular weight is 262 g/mol. The molecule has 0 saturated heterocycles. The van der Waals surface area contributed by atoms with E-state index in [2.05, 4.69) is 0 Å². The summed E-state index contributed by atoms with van der Waals surface area (Å²) >= 11 is -2.71. The third-order valence-electron chi connectivity index (χ3n) is 2.60. The van der Waals surface area contributed by atoms with Gasteiger partial charge in [0, 0.05) is 11.1 Å². The molecule has 94 valence electrons. The minimum Gasteiger partial charge on any atom is -0.750 e. The van der Waals surface area contributed by atoms with Crippen LogP contribution in [0.25, 0.3) is 0 Å². The zero-order valence-corrected chi connectivity index (χ0v) is 10.3. The van der Waals surface area contributed by atoms with E-state index in [1.54, 1.807) is 48.5 Å². The number of benzene rings is 2. The van der Waals surface area contributed by atoms with Crippen molar-refractivity contribution in [1.29, 1.82) is 0 Å². The molecule has 0 aromatic heterocycles. The molecule has 0 saturated carbocycles. The summed E-state index contributed by atoms with van der Waals surface area (Å²) < 4.78 is 26.6. The zero-order valence-electron chi connectivity index (χ0n) is 9.48. The molecule has 0 spiro atoms. The van der Waals surface area contributed by atoms with Gasteiger partial charge in [0.2, 0.25) is 0 Å². The lowest BCUT2D eigenvalue weighted by Gasteiger charge is -2.30. The maximum atomic E-state index is 10.9. The standard InChI is InChI=1S/C13H13NO3S/c14-13(17-18(15)16,11-7-3-1-4-8-11)12-9-5-2-6-10-12/h1-10H,14H2,(H,15,16)/p-1. The zero-order chi connectivity index (χ0) is 13.0. The van der Waals surface area contributed by atoms with Crippen molar-refractivity contribution in [3.63, 3.8) is 0 Å². The van der Waals surface area contributed by atoms with E-state index in [1.165, 1.54) is 0 Å². The third-order valence-corrected chi connectivity index (χ3v) is 3.00. The van der Waals surface area contributed by atoms with Crippen molar-refractivity contribution in [3.8, 4) is 0 Å². The Labute approximate surface area is 108 Å². The molecule has 0 fully saturated rings. The van der Waals surface area contributed by atoms with Crippen molar-refractivity contribution < 1.29 is 12.9 Å². The van der Waals surface area contributed by atoms with Crippen LogP contribution in [0.1, 0.15) is 11.1 Å². The van der Waals surface area contributed by atoms with Crippen LogP contribution >= 0.6 is 0 Å². The van der Waals surface area contributed by atoms with Gasteiger partial charge in [-0.15, -0.1) is 0 Å². The van der Waals surface area contributed by atoms with Gasteiger partial charge >= 0.3 is 0 Å². The summed E-state index contributed by atoms with van der Waals surface area (Å²) in [5, 5.41) is 0. The van der Waals surface area contributed by atoms with Gasteiger partial charge in [-0.2, -0.15) is 0 Å². The molecule has 0 aliphatic carbocycles. The smallest absolute Gasteiger partial charge is 0.183 e. The van der Waals surface area contributed by atoms with Crippen molar-refractivity contribution in [3.05, 3.63) is 71.8 Å². The lowest BCUT2D eigenvalue weighted by atomic mass is 9.95. The van der Waals surface area contributed by atoms with Crippen LogP contribution in [0.4, 0.5) is 0 Å². The fourth-order valence-electron chi connectivity index (χ4n) is 1.74. The third kappa shape index (κ3) is 2.65. The molecular formula is C13H12NO3S-. The van der Waals surface area contributed by atoms with Gasteiger partial charge in [0.15, 0.2) is 5.72 Å². The monoisotopic (exact) mass is 262 g/mol. The highest BCUT2D eigenvalue weighted by Crippen LogP contribution is 2.28. The Bertz CT molecular complexity index is 491. The predicted molar refractivity (Wildman–Crippen MR) is 67.9 cm³/mol. The summed E-state index contributed by atoms with van der Waals surface area (Å²) in [6.07, 6.45) is 0. The molecule has 2 rings (SSSR count). The molecule has 1 unspecified atom stereocenters. The Morgan fingerprint density at radius 1 is 0.944 bits per heavy atom. The minimum absolute atomic E-state index is 0.570. The first-order chi connectivity index (χ1) is 8.63. The molecular weight excluding hydrogens is 250 g/mol. The summed E-state index contributed by atoms with van der Waals surface area (Å²) in [5.41, 5.74) is 5.76. The van der Waals surface area contributed by atoms with Crippen LogP contribution in [0.2, 0.25) is 0 Å². The Kier molecular flexibility index (Phi) is 3.88. The first-order valence-electron chi connectivity index (χ1n) is 5.31. The van der Waals surface area contributed by atoms with Gasteiger partial charge < -0.3 is 4.55 Å². The van der Waals surface area contributed by atoms with Gasteiger partial charge in [0.05, 0.1) is 11.4 Å². The number of hydrogen-bond acceptors (Lipinski definition) is 4. The summed E-state index contributed by atoms with van der Waals surface area (Å²) in [6.45, 7) is 0. The van der Waals surface area contributed by atoms with E-state index in [-0.39, 0.29) is 0 Å². The van der Waals surface area contributed by atoms with Crippen LogP contribution in [0.3, 0.4) is 0 Å². The average Bonchev–Trinajstić information content (AvgIpc) is 2.40. The van der Waals surface area contributed by atoms with Gasteiger partial charge in [-0.3, -0.25) is 9.92 Å². The van der Waals surface area contributed by atoms with Crippen molar-refractivity contribution in [1.82, 2.24) is 0 Å². The number of hydrogen-bond donors (Lipinski definition) is 1. The second-order valence-electron chi connectivity index (χ2n) is 3.76. The fraction of sp³-hybridized carbons (Fsp3) is 0.0769. The molecule has 18 heavy (non-hydrogen) atoms. The Morgan fingerprint density at radius 3 is 1.67 bits per heavy atom. The van der Waals surface area contributed by atoms with Crippen LogP contribution in [0.5, 0.6) is 0 Å². The molecule has 0 aliphatic heterocycles. The lowest BCUT2D eigenvalue weighted by molar-refractivity contribution is 0.121. The summed E-state index contributed by atoms with van der Waals surface area (Å²) in [5.74, 6) is 0. The SMILES string of the molecule is NC(OS(=O)[O-])(c1ccccc1)c1ccccc1.